The molecule has 2 aromatic carbocycles. The van der Waals surface area contributed by atoms with Crippen molar-refractivity contribution in [2.24, 2.45) is 0 Å². The number of urea groups is 1. The van der Waals surface area contributed by atoms with E-state index >= 15 is 0 Å². The monoisotopic (exact) mass is 514 g/mol. The molecule has 0 aliphatic carbocycles. The lowest BCUT2D eigenvalue weighted by Crippen LogP contribution is -2.43. The number of cyclic esters (lactones) is 1. The lowest BCUT2D eigenvalue weighted by Gasteiger charge is -2.32. The van der Waals surface area contributed by atoms with Crippen LogP contribution in [0, 0.1) is 23.0 Å². The maximum absolute atomic E-state index is 13.7. The second kappa shape index (κ2) is 13.1. The van der Waals surface area contributed by atoms with Gasteiger partial charge in [-0.05, 0) is 81.1 Å². The summed E-state index contributed by atoms with van der Waals surface area (Å²) in [5, 5.41) is 19.1. The molecule has 2 aromatic rings. The Kier molecular flexibility index (Phi) is 9.94. The highest BCUT2D eigenvalue weighted by Crippen LogP contribution is 2.34. The number of amides is 3. The van der Waals surface area contributed by atoms with Crippen LogP contribution in [-0.2, 0) is 4.74 Å². The number of carbonyl (C=O) groups is 2. The lowest BCUT2D eigenvalue weighted by atomic mass is 9.87. The van der Waals surface area contributed by atoms with Gasteiger partial charge in [0.05, 0.1) is 11.6 Å². The molecular weight excluding hydrogens is 482 g/mol. The molecule has 2 heterocycles. The molecule has 2 saturated heterocycles. The number of hydrogen-bond donors (Lipinski definition) is 2. The molecule has 0 saturated carbocycles. The van der Waals surface area contributed by atoms with Gasteiger partial charge >= 0.3 is 12.1 Å². The van der Waals surface area contributed by atoms with Gasteiger partial charge in [-0.1, -0.05) is 24.3 Å². The van der Waals surface area contributed by atoms with Gasteiger partial charge < -0.3 is 20.1 Å². The molecule has 37 heavy (non-hydrogen) atoms. The van der Waals surface area contributed by atoms with E-state index in [1.165, 1.54) is 6.07 Å². The molecule has 0 bridgehead atoms. The van der Waals surface area contributed by atoms with E-state index in [1.54, 1.807) is 6.92 Å². The Bertz CT molecular complexity index is 1130. The normalized spacial score (nSPS) is 20.0. The Morgan fingerprint density at radius 3 is 2.54 bits per heavy atom. The maximum Gasteiger partial charge on any atom is 0.419 e. The molecule has 2 aliphatic rings. The molecule has 3 amide bonds. The van der Waals surface area contributed by atoms with Crippen LogP contribution in [0.3, 0.4) is 0 Å². The zero-order valence-corrected chi connectivity index (χ0v) is 21.0. The molecule has 2 N–H and O–H groups in total. The number of aliphatic hydroxyl groups is 1. The first kappa shape index (κ1) is 28.0. The van der Waals surface area contributed by atoms with Gasteiger partial charge in [0.2, 0.25) is 0 Å². The van der Waals surface area contributed by atoms with Crippen LogP contribution in [-0.4, -0.2) is 66.4 Å². The van der Waals surface area contributed by atoms with E-state index in [4.69, 9.17) is 9.84 Å². The van der Waals surface area contributed by atoms with Crippen LogP contribution in [0.15, 0.2) is 42.5 Å². The van der Waals surface area contributed by atoms with Crippen LogP contribution >= 0.6 is 0 Å². The summed E-state index contributed by atoms with van der Waals surface area (Å²) < 4.78 is 32.2. The van der Waals surface area contributed by atoms with Gasteiger partial charge in [-0.2, -0.15) is 5.26 Å². The Morgan fingerprint density at radius 2 is 1.86 bits per heavy atom. The molecule has 10 heteroatoms. The van der Waals surface area contributed by atoms with Crippen molar-refractivity contribution in [2.75, 3.05) is 33.3 Å². The summed E-state index contributed by atoms with van der Waals surface area (Å²) in [6, 6.07) is 11.9. The molecule has 2 atom stereocenters. The lowest BCUT2D eigenvalue weighted by molar-refractivity contribution is 0.138. The number of rotatable bonds is 6. The van der Waals surface area contributed by atoms with E-state index in [0.717, 1.165) is 67.7 Å². The molecule has 0 spiro atoms. The minimum atomic E-state index is -1.05. The summed E-state index contributed by atoms with van der Waals surface area (Å²) in [5.74, 6) is -1.67. The number of benzene rings is 2. The van der Waals surface area contributed by atoms with Crippen molar-refractivity contribution < 1.29 is 28.2 Å². The topological polar surface area (TPSA) is 106 Å². The minimum Gasteiger partial charge on any atom is -0.443 e. The zero-order chi connectivity index (χ0) is 26.9. The number of ether oxygens (including phenoxy) is 1. The third-order valence-electron chi connectivity index (χ3n) is 6.75. The summed E-state index contributed by atoms with van der Waals surface area (Å²) in [4.78, 5) is 28.3. The van der Waals surface area contributed by atoms with Crippen molar-refractivity contribution >= 4 is 12.1 Å². The van der Waals surface area contributed by atoms with Crippen LogP contribution in [0.25, 0.3) is 0 Å². The molecular formula is C27H32F2N4O4. The molecule has 2 aliphatic heterocycles. The summed E-state index contributed by atoms with van der Waals surface area (Å²) >= 11 is 0. The smallest absolute Gasteiger partial charge is 0.419 e. The summed E-state index contributed by atoms with van der Waals surface area (Å²) in [6.07, 6.45) is 1.13. The van der Waals surface area contributed by atoms with Gasteiger partial charge in [-0.15, -0.1) is 0 Å². The number of likely N-dealkylation sites (tertiary alicyclic amines) is 1. The average molecular weight is 515 g/mol. The predicted octanol–water partition coefficient (Wildman–Crippen LogP) is 4.31. The van der Waals surface area contributed by atoms with Crippen molar-refractivity contribution in [2.45, 2.75) is 44.2 Å². The van der Waals surface area contributed by atoms with Crippen molar-refractivity contribution in [1.82, 2.24) is 15.1 Å². The predicted molar refractivity (Wildman–Crippen MR) is 133 cm³/mol. The van der Waals surface area contributed by atoms with E-state index < -0.39 is 35.9 Å². The van der Waals surface area contributed by atoms with E-state index in [1.807, 2.05) is 24.3 Å². The van der Waals surface area contributed by atoms with Crippen LogP contribution < -0.4 is 5.32 Å². The fourth-order valence-electron chi connectivity index (χ4n) is 4.93. The minimum absolute atomic E-state index is 0.290. The third kappa shape index (κ3) is 6.61. The van der Waals surface area contributed by atoms with Crippen LogP contribution in [0.4, 0.5) is 18.4 Å². The van der Waals surface area contributed by atoms with E-state index in [0.29, 0.717) is 24.4 Å². The van der Waals surface area contributed by atoms with Crippen LogP contribution in [0.1, 0.15) is 54.8 Å². The second-order valence-corrected chi connectivity index (χ2v) is 8.98. The highest BCUT2D eigenvalue weighted by atomic mass is 19.2. The van der Waals surface area contributed by atoms with Gasteiger partial charge in [-0.25, -0.2) is 23.3 Å². The Hall–Kier alpha value is -3.55. The van der Waals surface area contributed by atoms with E-state index in [2.05, 4.69) is 16.3 Å². The Labute approximate surface area is 215 Å². The molecule has 4 rings (SSSR count). The maximum atomic E-state index is 13.7. The number of piperidine rings is 1. The number of halogens is 2. The third-order valence-corrected chi connectivity index (χ3v) is 6.75. The molecule has 198 valence electrons. The molecule has 2 unspecified atom stereocenters. The van der Waals surface area contributed by atoms with Gasteiger partial charge in [0.15, 0.2) is 11.6 Å². The van der Waals surface area contributed by atoms with Crippen molar-refractivity contribution in [1.29, 1.82) is 5.26 Å². The summed E-state index contributed by atoms with van der Waals surface area (Å²) in [6.45, 7) is 4.58. The van der Waals surface area contributed by atoms with Crippen molar-refractivity contribution in [3.8, 4) is 6.07 Å². The standard InChI is InChI=1S/C26H28F2N4O3.CH4O/c1-17-24(19-7-8-22(27)23(28)15-19)32(26(34)35-17)25(33)30-11-4-12-31-13-9-18(10-14-31)21-6-3-2-5-20(21)16-29;1-2/h2-3,5-8,15,17-18,24H,4,9-14H2,1H3,(H,30,33);2H,1H3. The van der Waals surface area contributed by atoms with Crippen LogP contribution in [0.2, 0.25) is 0 Å². The number of carbonyl (C=O) groups excluding carboxylic acids is 2. The van der Waals surface area contributed by atoms with E-state index in [9.17, 15) is 23.6 Å². The molecule has 0 aromatic heterocycles. The molecule has 0 radical (unpaired) electrons. The van der Waals surface area contributed by atoms with Crippen molar-refractivity contribution in [3.63, 3.8) is 0 Å². The van der Waals surface area contributed by atoms with Gasteiger partial charge in [-0.3, -0.25) is 0 Å². The van der Waals surface area contributed by atoms with Crippen LogP contribution in [0.5, 0.6) is 0 Å². The zero-order valence-electron chi connectivity index (χ0n) is 21.0. The Balaban J connectivity index is 0.00000186. The number of nitrogens with zero attached hydrogens (tertiary/aromatic N) is 3. The quantitative estimate of drug-likeness (QED) is 0.557. The van der Waals surface area contributed by atoms with Crippen molar-refractivity contribution in [3.05, 3.63) is 70.8 Å². The summed E-state index contributed by atoms with van der Waals surface area (Å²) in [7, 11) is 1.00. The van der Waals surface area contributed by atoms with E-state index in [-0.39, 0.29) is 0 Å². The molecule has 2 fully saturated rings. The number of nitriles is 1. The first-order valence-electron chi connectivity index (χ1n) is 12.3. The first-order chi connectivity index (χ1) is 17.9. The first-order valence-corrected chi connectivity index (χ1v) is 12.3. The fourth-order valence-corrected chi connectivity index (χ4v) is 4.93. The van der Waals surface area contributed by atoms with Gasteiger partial charge in [0.25, 0.3) is 0 Å². The Morgan fingerprint density at radius 1 is 1.16 bits per heavy atom. The van der Waals surface area contributed by atoms with Gasteiger partial charge in [0.1, 0.15) is 12.1 Å². The largest absolute Gasteiger partial charge is 0.443 e. The number of nitrogens with one attached hydrogen (secondary N) is 1. The molecule has 8 nitrogen and oxygen atoms in total. The number of aliphatic hydroxyl groups excluding tert-OH is 1. The number of hydrogen-bond acceptors (Lipinski definition) is 6. The average Bonchev–Trinajstić information content (AvgIpc) is 3.23. The number of imide groups is 1. The summed E-state index contributed by atoms with van der Waals surface area (Å²) in [5.41, 5.74) is 2.15. The highest BCUT2D eigenvalue weighted by molar-refractivity contribution is 5.93. The highest BCUT2D eigenvalue weighted by Gasteiger charge is 2.44. The van der Waals surface area contributed by atoms with Gasteiger partial charge in [0, 0.05) is 13.7 Å². The fraction of sp³-hybridized carbons (Fsp3) is 0.444. The SMILES string of the molecule is CC1OC(=O)N(C(=O)NCCCN2CCC(c3ccccc3C#N)CC2)C1c1ccc(F)c(F)c1.CO. The second-order valence-electron chi connectivity index (χ2n) is 8.98.